The maximum Gasteiger partial charge on any atom is 0.410 e. The van der Waals surface area contributed by atoms with Crippen LogP contribution in [0.1, 0.15) is 40.5 Å². The number of hydrogen-bond donors (Lipinski definition) is 0. The van der Waals surface area contributed by atoms with Gasteiger partial charge in [-0.15, -0.1) is 0 Å². The van der Waals surface area contributed by atoms with E-state index in [-0.39, 0.29) is 18.0 Å². The molecule has 0 saturated carbocycles. The Balaban J connectivity index is 1.60. The van der Waals surface area contributed by atoms with Gasteiger partial charge in [-0.2, -0.15) is 0 Å². The second-order valence-electron chi connectivity index (χ2n) is 9.20. The number of rotatable bonds is 2. The number of urea groups is 1. The maximum atomic E-state index is 13.6. The van der Waals surface area contributed by atoms with Crippen LogP contribution >= 0.6 is 0 Å². The number of carbonyl (C=O) groups is 3. The van der Waals surface area contributed by atoms with Crippen LogP contribution in [0.3, 0.4) is 0 Å². The quantitative estimate of drug-likeness (QED) is 0.672. The number of piperidine rings is 1. The van der Waals surface area contributed by atoms with Crippen LogP contribution in [0.5, 0.6) is 0 Å². The van der Waals surface area contributed by atoms with E-state index in [0.29, 0.717) is 38.2 Å². The lowest BCUT2D eigenvalue weighted by atomic mass is 9.86. The van der Waals surface area contributed by atoms with Crippen LogP contribution in [0.25, 0.3) is 10.8 Å². The van der Waals surface area contributed by atoms with Gasteiger partial charge in [0.2, 0.25) is 0 Å². The van der Waals surface area contributed by atoms with Crippen molar-refractivity contribution in [1.29, 1.82) is 0 Å². The zero-order valence-electron chi connectivity index (χ0n) is 18.6. The molecule has 4 rings (SSSR count). The van der Waals surface area contributed by atoms with E-state index in [9.17, 15) is 14.4 Å². The fourth-order valence-corrected chi connectivity index (χ4v) is 4.57. The molecule has 2 aliphatic rings. The first kappa shape index (κ1) is 21.2. The van der Waals surface area contributed by atoms with Gasteiger partial charge in [-0.3, -0.25) is 4.79 Å². The first-order chi connectivity index (χ1) is 14.7. The van der Waals surface area contributed by atoms with Gasteiger partial charge in [0.15, 0.2) is 0 Å². The summed E-state index contributed by atoms with van der Waals surface area (Å²) in [5.41, 5.74) is -0.914. The number of likely N-dealkylation sites (tertiary alicyclic amines) is 1. The van der Waals surface area contributed by atoms with E-state index in [0.717, 1.165) is 10.8 Å². The van der Waals surface area contributed by atoms with Crippen LogP contribution in [-0.4, -0.2) is 58.6 Å². The predicted molar refractivity (Wildman–Crippen MR) is 119 cm³/mol. The van der Waals surface area contributed by atoms with Gasteiger partial charge in [0.05, 0.1) is 5.69 Å². The standard InChI is InChI=1S/C24H29N3O4/c1-5-26-21(29)27(19-11-10-17-8-6-7-9-18(17)16-19)20(28)24(26)12-14-25(15-13-24)22(30)31-23(2,3)4/h6-11,16H,5,12-15H2,1-4H3. The number of benzene rings is 2. The lowest BCUT2D eigenvalue weighted by molar-refractivity contribution is -0.127. The molecule has 2 aromatic rings. The molecule has 2 heterocycles. The highest BCUT2D eigenvalue weighted by Gasteiger charge is 2.58. The monoisotopic (exact) mass is 423 g/mol. The Labute approximate surface area is 182 Å². The Morgan fingerprint density at radius 1 is 1.03 bits per heavy atom. The van der Waals surface area contributed by atoms with Gasteiger partial charge in [0.25, 0.3) is 5.91 Å². The molecule has 7 nitrogen and oxygen atoms in total. The van der Waals surface area contributed by atoms with Gasteiger partial charge in [0, 0.05) is 19.6 Å². The average molecular weight is 424 g/mol. The Morgan fingerprint density at radius 3 is 2.29 bits per heavy atom. The molecule has 164 valence electrons. The topological polar surface area (TPSA) is 70.2 Å². The van der Waals surface area contributed by atoms with Crippen molar-refractivity contribution in [2.24, 2.45) is 0 Å². The summed E-state index contributed by atoms with van der Waals surface area (Å²) in [6.07, 6.45) is 0.414. The molecule has 4 amide bonds. The first-order valence-corrected chi connectivity index (χ1v) is 10.8. The van der Waals surface area contributed by atoms with Crippen molar-refractivity contribution in [2.75, 3.05) is 24.5 Å². The number of likely N-dealkylation sites (N-methyl/N-ethyl adjacent to an activating group) is 1. The minimum absolute atomic E-state index is 0.210. The smallest absolute Gasteiger partial charge is 0.410 e. The van der Waals surface area contributed by atoms with Crippen molar-refractivity contribution in [3.8, 4) is 0 Å². The molecular formula is C24H29N3O4. The van der Waals surface area contributed by atoms with Gasteiger partial charge in [0.1, 0.15) is 11.1 Å². The zero-order valence-corrected chi connectivity index (χ0v) is 18.6. The third kappa shape index (κ3) is 3.62. The van der Waals surface area contributed by atoms with E-state index >= 15 is 0 Å². The summed E-state index contributed by atoms with van der Waals surface area (Å²) in [6.45, 7) is 8.55. The van der Waals surface area contributed by atoms with Crippen molar-refractivity contribution < 1.29 is 19.1 Å². The van der Waals surface area contributed by atoms with Crippen LogP contribution in [0, 0.1) is 0 Å². The summed E-state index contributed by atoms with van der Waals surface area (Å²) in [5, 5.41) is 2.03. The van der Waals surface area contributed by atoms with Gasteiger partial charge in [-0.1, -0.05) is 30.3 Å². The van der Waals surface area contributed by atoms with Crippen molar-refractivity contribution >= 4 is 34.5 Å². The molecule has 0 unspecified atom stereocenters. The fourth-order valence-electron chi connectivity index (χ4n) is 4.57. The van der Waals surface area contributed by atoms with Crippen LogP contribution in [-0.2, 0) is 9.53 Å². The number of carbonyl (C=O) groups excluding carboxylic acids is 3. The second-order valence-corrected chi connectivity index (χ2v) is 9.20. The molecule has 2 saturated heterocycles. The number of hydrogen-bond acceptors (Lipinski definition) is 4. The highest BCUT2D eigenvalue weighted by atomic mass is 16.6. The Morgan fingerprint density at radius 2 is 1.68 bits per heavy atom. The van der Waals surface area contributed by atoms with Crippen LogP contribution < -0.4 is 4.90 Å². The molecule has 0 aliphatic carbocycles. The highest BCUT2D eigenvalue weighted by Crippen LogP contribution is 2.40. The maximum absolute atomic E-state index is 13.6. The molecule has 0 radical (unpaired) electrons. The number of anilines is 1. The Bertz CT molecular complexity index is 1030. The van der Waals surface area contributed by atoms with Crippen LogP contribution in [0.15, 0.2) is 42.5 Å². The minimum Gasteiger partial charge on any atom is -0.444 e. The molecule has 2 aliphatic heterocycles. The summed E-state index contributed by atoms with van der Waals surface area (Å²) >= 11 is 0. The van der Waals surface area contributed by atoms with E-state index in [1.165, 1.54) is 4.90 Å². The van der Waals surface area contributed by atoms with E-state index in [1.807, 2.05) is 70.2 Å². The van der Waals surface area contributed by atoms with E-state index in [2.05, 4.69) is 0 Å². The van der Waals surface area contributed by atoms with Crippen molar-refractivity contribution in [3.05, 3.63) is 42.5 Å². The normalized spacial score (nSPS) is 18.9. The second kappa shape index (κ2) is 7.55. The van der Waals surface area contributed by atoms with Gasteiger partial charge < -0.3 is 14.5 Å². The minimum atomic E-state index is -0.921. The summed E-state index contributed by atoms with van der Waals surface area (Å²) < 4.78 is 5.47. The summed E-state index contributed by atoms with van der Waals surface area (Å²) in [5.74, 6) is -0.210. The number of amides is 4. The fraction of sp³-hybridized carbons (Fsp3) is 0.458. The van der Waals surface area contributed by atoms with E-state index < -0.39 is 11.1 Å². The highest BCUT2D eigenvalue weighted by molar-refractivity contribution is 6.23. The third-order valence-corrected chi connectivity index (χ3v) is 6.09. The summed E-state index contributed by atoms with van der Waals surface area (Å²) in [7, 11) is 0. The Kier molecular flexibility index (Phi) is 5.15. The molecule has 7 heteroatoms. The molecular weight excluding hydrogens is 394 g/mol. The average Bonchev–Trinajstić information content (AvgIpc) is 2.92. The molecule has 0 aromatic heterocycles. The van der Waals surface area contributed by atoms with Crippen LogP contribution in [0.2, 0.25) is 0 Å². The number of nitrogens with zero attached hydrogens (tertiary/aromatic N) is 3. The third-order valence-electron chi connectivity index (χ3n) is 6.09. The summed E-state index contributed by atoms with van der Waals surface area (Å²) in [6, 6.07) is 13.2. The van der Waals surface area contributed by atoms with E-state index in [4.69, 9.17) is 4.74 Å². The van der Waals surface area contributed by atoms with Crippen molar-refractivity contribution in [3.63, 3.8) is 0 Å². The lowest BCUT2D eigenvalue weighted by Gasteiger charge is -2.41. The molecule has 2 fully saturated rings. The zero-order chi connectivity index (χ0) is 22.4. The largest absolute Gasteiger partial charge is 0.444 e. The lowest BCUT2D eigenvalue weighted by Crippen LogP contribution is -2.57. The molecule has 31 heavy (non-hydrogen) atoms. The molecule has 1 spiro atoms. The van der Waals surface area contributed by atoms with Crippen LogP contribution in [0.4, 0.5) is 15.3 Å². The van der Waals surface area contributed by atoms with Gasteiger partial charge >= 0.3 is 12.1 Å². The van der Waals surface area contributed by atoms with Gasteiger partial charge in [-0.05, 0) is 63.4 Å². The molecule has 0 N–H and O–H groups in total. The van der Waals surface area contributed by atoms with Gasteiger partial charge in [-0.25, -0.2) is 14.5 Å². The molecule has 0 bridgehead atoms. The first-order valence-electron chi connectivity index (χ1n) is 10.8. The Hall–Kier alpha value is -3.09. The van der Waals surface area contributed by atoms with E-state index in [1.54, 1.807) is 9.80 Å². The van der Waals surface area contributed by atoms with Crippen molar-refractivity contribution in [2.45, 2.75) is 51.7 Å². The number of ether oxygens (including phenoxy) is 1. The number of fused-ring (bicyclic) bond motifs is 1. The SMILES string of the molecule is CCN1C(=O)N(c2ccc3ccccc3c2)C(=O)C12CCN(C(=O)OC(C)(C)C)CC2. The number of imide groups is 1. The molecule has 0 atom stereocenters. The predicted octanol–water partition coefficient (Wildman–Crippen LogP) is 4.40. The summed E-state index contributed by atoms with van der Waals surface area (Å²) in [4.78, 5) is 44.0. The molecule has 2 aromatic carbocycles. The van der Waals surface area contributed by atoms with Crippen molar-refractivity contribution in [1.82, 2.24) is 9.80 Å².